The number of nitrogens with two attached hydrogens (primary N) is 1. The van der Waals surface area contributed by atoms with Crippen LogP contribution in [0.5, 0.6) is 0 Å². The molecule has 2 heterocycles. The summed E-state index contributed by atoms with van der Waals surface area (Å²) in [6.45, 7) is 9.00. The second-order valence-electron chi connectivity index (χ2n) is 8.30. The van der Waals surface area contributed by atoms with Gasteiger partial charge in [0.15, 0.2) is 0 Å². The van der Waals surface area contributed by atoms with Crippen molar-refractivity contribution in [3.8, 4) is 0 Å². The summed E-state index contributed by atoms with van der Waals surface area (Å²) in [7, 11) is 0. The Morgan fingerprint density at radius 2 is 1.73 bits per heavy atom. The SMILES string of the molecule is CC(C)CN(Cc1nc2ccccc2c(=O)[nH]1)c1c(N)n(CC(C)C)c(=O)[nH]c1=O. The topological polar surface area (TPSA) is 130 Å². The highest BCUT2D eigenvalue weighted by Gasteiger charge is 2.21. The number of rotatable bonds is 7. The van der Waals surface area contributed by atoms with Crippen molar-refractivity contribution in [1.29, 1.82) is 0 Å². The van der Waals surface area contributed by atoms with Gasteiger partial charge in [-0.1, -0.05) is 39.8 Å². The predicted octanol–water partition coefficient (Wildman–Crippen LogP) is 1.67. The maximum Gasteiger partial charge on any atom is 0.330 e. The quantitative estimate of drug-likeness (QED) is 0.541. The molecule has 0 atom stereocenters. The highest BCUT2D eigenvalue weighted by molar-refractivity contribution is 5.77. The monoisotopic (exact) mass is 412 g/mol. The van der Waals surface area contributed by atoms with Crippen LogP contribution < -0.4 is 27.4 Å². The van der Waals surface area contributed by atoms with Gasteiger partial charge >= 0.3 is 5.69 Å². The number of H-pyrrole nitrogens is 2. The van der Waals surface area contributed by atoms with Gasteiger partial charge in [0.25, 0.3) is 11.1 Å². The fraction of sp³-hybridized carbons (Fsp3) is 0.429. The van der Waals surface area contributed by atoms with Crippen molar-refractivity contribution >= 4 is 22.4 Å². The van der Waals surface area contributed by atoms with Crippen LogP contribution in [0.4, 0.5) is 11.5 Å². The number of anilines is 2. The summed E-state index contributed by atoms with van der Waals surface area (Å²) in [4.78, 5) is 48.9. The predicted molar refractivity (Wildman–Crippen MR) is 119 cm³/mol. The van der Waals surface area contributed by atoms with Gasteiger partial charge in [0.05, 0.1) is 17.4 Å². The van der Waals surface area contributed by atoms with E-state index in [0.29, 0.717) is 29.8 Å². The van der Waals surface area contributed by atoms with E-state index < -0.39 is 11.2 Å². The summed E-state index contributed by atoms with van der Waals surface area (Å²) in [5.41, 5.74) is 5.75. The molecule has 0 aliphatic rings. The number of aromatic nitrogens is 4. The molecule has 0 spiro atoms. The number of benzene rings is 1. The van der Waals surface area contributed by atoms with Crippen LogP contribution in [0.15, 0.2) is 38.6 Å². The van der Waals surface area contributed by atoms with Crippen molar-refractivity contribution in [1.82, 2.24) is 19.5 Å². The van der Waals surface area contributed by atoms with Crippen LogP contribution >= 0.6 is 0 Å². The highest BCUT2D eigenvalue weighted by atomic mass is 16.2. The van der Waals surface area contributed by atoms with Crippen LogP contribution in [0.3, 0.4) is 0 Å². The molecule has 0 radical (unpaired) electrons. The Morgan fingerprint density at radius 3 is 2.40 bits per heavy atom. The molecule has 160 valence electrons. The molecule has 0 saturated heterocycles. The van der Waals surface area contributed by atoms with E-state index in [1.54, 1.807) is 23.1 Å². The van der Waals surface area contributed by atoms with Crippen LogP contribution in [-0.4, -0.2) is 26.1 Å². The Hall–Kier alpha value is -3.36. The smallest absolute Gasteiger partial charge is 0.330 e. The van der Waals surface area contributed by atoms with Gasteiger partial charge in [-0.2, -0.15) is 0 Å². The van der Waals surface area contributed by atoms with Gasteiger partial charge in [0.1, 0.15) is 17.3 Å². The molecule has 0 saturated carbocycles. The number of fused-ring (bicyclic) bond motifs is 1. The van der Waals surface area contributed by atoms with E-state index in [0.717, 1.165) is 0 Å². The largest absolute Gasteiger partial charge is 0.383 e. The maximum absolute atomic E-state index is 12.7. The van der Waals surface area contributed by atoms with Gasteiger partial charge in [0, 0.05) is 13.1 Å². The summed E-state index contributed by atoms with van der Waals surface area (Å²) in [5, 5.41) is 0.500. The Kier molecular flexibility index (Phi) is 6.09. The van der Waals surface area contributed by atoms with Gasteiger partial charge < -0.3 is 15.6 Å². The molecule has 1 aromatic carbocycles. The summed E-state index contributed by atoms with van der Waals surface area (Å²) >= 11 is 0. The first-order valence-corrected chi connectivity index (χ1v) is 10.0. The Balaban J connectivity index is 2.11. The zero-order valence-corrected chi connectivity index (χ0v) is 17.7. The van der Waals surface area contributed by atoms with E-state index in [9.17, 15) is 14.4 Å². The second-order valence-corrected chi connectivity index (χ2v) is 8.30. The third kappa shape index (κ3) is 4.45. The maximum atomic E-state index is 12.7. The van der Waals surface area contributed by atoms with Gasteiger partial charge in [0.2, 0.25) is 0 Å². The standard InChI is InChI=1S/C21H28N6O3/c1-12(2)9-26(11-16-23-15-8-6-5-7-14(15)19(28)24-16)17-18(22)27(10-13(3)4)21(30)25-20(17)29/h5-8,12-13H,9-11,22H2,1-4H3,(H,23,24,28)(H,25,29,30). The number of hydrogen-bond donors (Lipinski definition) is 3. The van der Waals surface area contributed by atoms with Crippen LogP contribution in [0.1, 0.15) is 33.5 Å². The van der Waals surface area contributed by atoms with E-state index in [-0.39, 0.29) is 35.4 Å². The minimum absolute atomic E-state index is 0.112. The molecule has 4 N–H and O–H groups in total. The number of nitrogens with one attached hydrogen (secondary N) is 2. The lowest BCUT2D eigenvalue weighted by molar-refractivity contribution is 0.505. The minimum atomic E-state index is -0.554. The number of hydrogen-bond acceptors (Lipinski definition) is 6. The lowest BCUT2D eigenvalue weighted by atomic mass is 10.2. The third-order valence-corrected chi connectivity index (χ3v) is 4.67. The first-order chi connectivity index (χ1) is 14.2. The fourth-order valence-corrected chi connectivity index (χ4v) is 3.50. The minimum Gasteiger partial charge on any atom is -0.383 e. The molecule has 0 bridgehead atoms. The molecule has 2 aromatic heterocycles. The molecule has 0 aliphatic carbocycles. The molecular formula is C21H28N6O3. The zero-order chi connectivity index (χ0) is 22.0. The van der Waals surface area contributed by atoms with Crippen LogP contribution in [0.2, 0.25) is 0 Å². The highest BCUT2D eigenvalue weighted by Crippen LogP contribution is 2.21. The third-order valence-electron chi connectivity index (χ3n) is 4.67. The van der Waals surface area contributed by atoms with E-state index >= 15 is 0 Å². The van der Waals surface area contributed by atoms with Crippen molar-refractivity contribution in [3.05, 3.63) is 61.3 Å². The molecule has 3 rings (SSSR count). The average molecular weight is 412 g/mol. The Bertz CT molecular complexity index is 1220. The van der Waals surface area contributed by atoms with Crippen molar-refractivity contribution in [3.63, 3.8) is 0 Å². The molecule has 3 aromatic rings. The fourth-order valence-electron chi connectivity index (χ4n) is 3.50. The van der Waals surface area contributed by atoms with Crippen LogP contribution in [0, 0.1) is 11.8 Å². The van der Waals surface area contributed by atoms with E-state index in [1.165, 1.54) is 4.57 Å². The van der Waals surface area contributed by atoms with Gasteiger partial charge in [-0.25, -0.2) is 9.78 Å². The van der Waals surface area contributed by atoms with E-state index in [2.05, 4.69) is 15.0 Å². The molecule has 30 heavy (non-hydrogen) atoms. The first kappa shape index (κ1) is 21.4. The van der Waals surface area contributed by atoms with Crippen LogP contribution in [0.25, 0.3) is 10.9 Å². The van der Waals surface area contributed by atoms with Crippen molar-refractivity contribution in [2.75, 3.05) is 17.2 Å². The molecule has 0 amide bonds. The first-order valence-electron chi connectivity index (χ1n) is 10.0. The normalized spacial score (nSPS) is 11.5. The number of nitrogen functional groups attached to an aromatic ring is 1. The molecular weight excluding hydrogens is 384 g/mol. The molecule has 9 heteroatoms. The van der Waals surface area contributed by atoms with Gasteiger partial charge in [-0.3, -0.25) is 19.1 Å². The lowest BCUT2D eigenvalue weighted by Gasteiger charge is -2.27. The van der Waals surface area contributed by atoms with E-state index in [4.69, 9.17) is 5.73 Å². The summed E-state index contributed by atoms with van der Waals surface area (Å²) in [6.07, 6.45) is 0. The number of para-hydroxylation sites is 1. The molecule has 0 aliphatic heterocycles. The van der Waals surface area contributed by atoms with Crippen LogP contribution in [-0.2, 0) is 13.1 Å². The van der Waals surface area contributed by atoms with Crippen molar-refractivity contribution in [2.24, 2.45) is 11.8 Å². The lowest BCUT2D eigenvalue weighted by Crippen LogP contribution is -2.40. The summed E-state index contributed by atoms with van der Waals surface area (Å²) in [6, 6.07) is 7.07. The number of aromatic amines is 2. The Labute approximate surface area is 173 Å². The molecule has 0 unspecified atom stereocenters. The van der Waals surface area contributed by atoms with Gasteiger partial charge in [-0.05, 0) is 24.0 Å². The van der Waals surface area contributed by atoms with Crippen molar-refractivity contribution < 1.29 is 0 Å². The zero-order valence-electron chi connectivity index (χ0n) is 17.7. The summed E-state index contributed by atoms with van der Waals surface area (Å²) in [5.74, 6) is 0.892. The molecule has 9 nitrogen and oxygen atoms in total. The van der Waals surface area contributed by atoms with Crippen molar-refractivity contribution in [2.45, 2.75) is 40.8 Å². The van der Waals surface area contributed by atoms with E-state index in [1.807, 2.05) is 33.8 Å². The van der Waals surface area contributed by atoms with Gasteiger partial charge in [-0.15, -0.1) is 0 Å². The Morgan fingerprint density at radius 1 is 1.03 bits per heavy atom. The second kappa shape index (κ2) is 8.56. The average Bonchev–Trinajstić information content (AvgIpc) is 2.64. The summed E-state index contributed by atoms with van der Waals surface area (Å²) < 4.78 is 1.38. The number of nitrogens with zero attached hydrogens (tertiary/aromatic N) is 3. The molecule has 0 fully saturated rings.